The number of aromatic nitrogens is 4. The molecule has 0 aliphatic heterocycles. The molecule has 3 aromatic heterocycles. The highest BCUT2D eigenvalue weighted by atomic mass is 16.5. The molecule has 0 saturated carbocycles. The van der Waals surface area contributed by atoms with E-state index in [1.165, 1.54) is 24.1 Å². The van der Waals surface area contributed by atoms with Crippen molar-refractivity contribution in [3.05, 3.63) is 54.0 Å². The average molecular weight is 395 g/mol. The van der Waals surface area contributed by atoms with Gasteiger partial charge in [0.2, 0.25) is 5.88 Å². The van der Waals surface area contributed by atoms with Crippen molar-refractivity contribution in [1.29, 1.82) is 0 Å². The van der Waals surface area contributed by atoms with Crippen molar-refractivity contribution in [1.82, 2.24) is 25.1 Å². The highest BCUT2D eigenvalue weighted by molar-refractivity contribution is 5.94. The van der Waals surface area contributed by atoms with E-state index in [1.807, 2.05) is 20.8 Å². The number of carboxylic acids is 1. The number of carbonyl (C=O) groups is 2. The number of aromatic carboxylic acids is 1. The molecule has 0 aliphatic carbocycles. The standard InChI is InChI=1S/C20H21N5O4/c1-20(2,3)23-18(26)15-9-16(14-7-5-12(10-21-14)19(27)28)25(24-15)13-6-8-17(29-4)22-11-13/h5-11H,1-4H3,(H,23,26)(H,27,28). The van der Waals surface area contributed by atoms with E-state index in [1.54, 1.807) is 30.5 Å². The molecule has 0 bridgehead atoms. The summed E-state index contributed by atoms with van der Waals surface area (Å²) >= 11 is 0. The summed E-state index contributed by atoms with van der Waals surface area (Å²) in [6.07, 6.45) is 2.82. The van der Waals surface area contributed by atoms with Crippen molar-refractivity contribution in [2.45, 2.75) is 26.3 Å². The first-order chi connectivity index (χ1) is 13.7. The Morgan fingerprint density at radius 2 is 1.86 bits per heavy atom. The fraction of sp³-hybridized carbons (Fsp3) is 0.250. The number of carbonyl (C=O) groups excluding carboxylic acids is 1. The predicted octanol–water partition coefficient (Wildman–Crippen LogP) is 2.56. The second-order valence-corrected chi connectivity index (χ2v) is 7.33. The maximum absolute atomic E-state index is 12.6. The maximum atomic E-state index is 12.6. The summed E-state index contributed by atoms with van der Waals surface area (Å²) in [5.74, 6) is -0.958. The van der Waals surface area contributed by atoms with E-state index < -0.39 is 11.5 Å². The highest BCUT2D eigenvalue weighted by Crippen LogP contribution is 2.23. The molecule has 0 atom stereocenters. The average Bonchev–Trinajstić information content (AvgIpc) is 3.12. The van der Waals surface area contributed by atoms with E-state index in [-0.39, 0.29) is 17.2 Å². The van der Waals surface area contributed by atoms with Gasteiger partial charge < -0.3 is 15.2 Å². The van der Waals surface area contributed by atoms with Crippen molar-refractivity contribution < 1.29 is 19.4 Å². The zero-order valence-electron chi connectivity index (χ0n) is 16.5. The van der Waals surface area contributed by atoms with Gasteiger partial charge >= 0.3 is 5.97 Å². The monoisotopic (exact) mass is 395 g/mol. The lowest BCUT2D eigenvalue weighted by Gasteiger charge is -2.19. The van der Waals surface area contributed by atoms with Crippen molar-refractivity contribution >= 4 is 11.9 Å². The number of pyridine rings is 2. The molecule has 150 valence electrons. The number of hydrogen-bond donors (Lipinski definition) is 2. The van der Waals surface area contributed by atoms with E-state index in [9.17, 15) is 9.59 Å². The second-order valence-electron chi connectivity index (χ2n) is 7.33. The van der Waals surface area contributed by atoms with Crippen LogP contribution in [-0.2, 0) is 0 Å². The predicted molar refractivity (Wildman–Crippen MR) is 105 cm³/mol. The number of methoxy groups -OCH3 is 1. The van der Waals surface area contributed by atoms with Crippen molar-refractivity contribution in [3.63, 3.8) is 0 Å². The van der Waals surface area contributed by atoms with Gasteiger partial charge in [-0.3, -0.25) is 9.78 Å². The van der Waals surface area contributed by atoms with E-state index in [0.717, 1.165) is 0 Å². The van der Waals surface area contributed by atoms with Crippen molar-refractivity contribution in [2.24, 2.45) is 0 Å². The minimum absolute atomic E-state index is 0.0663. The number of hydrogen-bond acceptors (Lipinski definition) is 6. The topological polar surface area (TPSA) is 119 Å². The van der Waals surface area contributed by atoms with Gasteiger partial charge in [-0.1, -0.05) is 0 Å². The lowest BCUT2D eigenvalue weighted by Crippen LogP contribution is -2.40. The van der Waals surface area contributed by atoms with Crippen LogP contribution in [0.3, 0.4) is 0 Å². The summed E-state index contributed by atoms with van der Waals surface area (Å²) in [6.45, 7) is 5.63. The minimum atomic E-state index is -1.07. The third-order valence-corrected chi connectivity index (χ3v) is 3.88. The Morgan fingerprint density at radius 1 is 1.10 bits per heavy atom. The van der Waals surface area contributed by atoms with E-state index in [4.69, 9.17) is 9.84 Å². The molecule has 1 amide bonds. The maximum Gasteiger partial charge on any atom is 0.337 e. The van der Waals surface area contributed by atoms with Gasteiger partial charge in [-0.05, 0) is 45.0 Å². The number of carboxylic acid groups (broad SMARTS) is 1. The molecule has 0 aliphatic rings. The molecular formula is C20H21N5O4. The van der Waals surface area contributed by atoms with Crippen LogP contribution in [-0.4, -0.2) is 49.4 Å². The molecule has 9 nitrogen and oxygen atoms in total. The molecule has 9 heteroatoms. The molecule has 2 N–H and O–H groups in total. The van der Waals surface area contributed by atoms with Crippen molar-refractivity contribution in [3.8, 4) is 23.0 Å². The molecule has 0 radical (unpaired) electrons. The Hall–Kier alpha value is -3.75. The second kappa shape index (κ2) is 7.70. The first-order valence-electron chi connectivity index (χ1n) is 8.80. The Labute approximate surface area is 167 Å². The summed E-state index contributed by atoms with van der Waals surface area (Å²) in [4.78, 5) is 32.1. The van der Waals surface area contributed by atoms with Crippen LogP contribution in [0.25, 0.3) is 17.1 Å². The smallest absolute Gasteiger partial charge is 0.337 e. The third-order valence-electron chi connectivity index (χ3n) is 3.88. The Balaban J connectivity index is 2.08. The first-order valence-corrected chi connectivity index (χ1v) is 8.80. The van der Waals surface area contributed by atoms with Crippen LogP contribution in [0.4, 0.5) is 0 Å². The van der Waals surface area contributed by atoms with Crippen LogP contribution < -0.4 is 10.1 Å². The molecule has 3 rings (SSSR count). The molecule has 3 heterocycles. The van der Waals surface area contributed by atoms with E-state index in [2.05, 4.69) is 20.4 Å². The SMILES string of the molecule is COc1ccc(-n2nc(C(=O)NC(C)(C)C)cc2-c2ccc(C(=O)O)cn2)cn1. The van der Waals surface area contributed by atoms with Gasteiger partial charge in [-0.15, -0.1) is 0 Å². The van der Waals surface area contributed by atoms with Gasteiger partial charge in [0.05, 0.1) is 35.9 Å². The van der Waals surface area contributed by atoms with Gasteiger partial charge in [0.25, 0.3) is 5.91 Å². The Kier molecular flexibility index (Phi) is 5.31. The van der Waals surface area contributed by atoms with Crippen LogP contribution >= 0.6 is 0 Å². The fourth-order valence-corrected chi connectivity index (χ4v) is 2.57. The first kappa shape index (κ1) is 20.0. The van der Waals surface area contributed by atoms with Gasteiger partial charge in [0, 0.05) is 17.8 Å². The molecule has 0 saturated heterocycles. The molecule has 3 aromatic rings. The highest BCUT2D eigenvalue weighted by Gasteiger charge is 2.21. The fourth-order valence-electron chi connectivity index (χ4n) is 2.57. The van der Waals surface area contributed by atoms with E-state index >= 15 is 0 Å². The molecule has 0 aromatic carbocycles. The molecule has 0 spiro atoms. The summed E-state index contributed by atoms with van der Waals surface area (Å²) < 4.78 is 6.62. The van der Waals surface area contributed by atoms with Crippen LogP contribution in [0.1, 0.15) is 41.6 Å². The number of nitrogens with zero attached hydrogens (tertiary/aromatic N) is 4. The van der Waals surface area contributed by atoms with Crippen LogP contribution in [0, 0.1) is 0 Å². The largest absolute Gasteiger partial charge is 0.481 e. The Bertz CT molecular complexity index is 1030. The van der Waals surface area contributed by atoms with Crippen LogP contribution in [0.2, 0.25) is 0 Å². The van der Waals surface area contributed by atoms with Gasteiger partial charge in [-0.2, -0.15) is 5.10 Å². The lowest BCUT2D eigenvalue weighted by molar-refractivity contribution is 0.0696. The Morgan fingerprint density at radius 3 is 2.38 bits per heavy atom. The zero-order valence-corrected chi connectivity index (χ0v) is 16.5. The summed E-state index contributed by atoms with van der Waals surface area (Å²) in [5, 5.41) is 16.4. The van der Waals surface area contributed by atoms with Gasteiger partial charge in [0.1, 0.15) is 0 Å². The van der Waals surface area contributed by atoms with Crippen LogP contribution in [0.5, 0.6) is 5.88 Å². The quantitative estimate of drug-likeness (QED) is 0.681. The summed E-state index contributed by atoms with van der Waals surface area (Å²) in [5.41, 5.74) is 1.43. The normalized spacial score (nSPS) is 11.2. The number of amides is 1. The summed E-state index contributed by atoms with van der Waals surface area (Å²) in [6, 6.07) is 8.05. The molecule has 0 unspecified atom stereocenters. The van der Waals surface area contributed by atoms with Gasteiger partial charge in [-0.25, -0.2) is 14.5 Å². The minimum Gasteiger partial charge on any atom is -0.481 e. The number of ether oxygens (including phenoxy) is 1. The molecule has 29 heavy (non-hydrogen) atoms. The lowest BCUT2D eigenvalue weighted by atomic mass is 10.1. The number of rotatable bonds is 5. The van der Waals surface area contributed by atoms with E-state index in [0.29, 0.717) is 23.0 Å². The zero-order chi connectivity index (χ0) is 21.2. The molecule has 0 fully saturated rings. The number of nitrogens with one attached hydrogen (secondary N) is 1. The van der Waals surface area contributed by atoms with Gasteiger partial charge in [0.15, 0.2) is 5.69 Å². The third kappa shape index (κ3) is 4.57. The summed E-state index contributed by atoms with van der Waals surface area (Å²) in [7, 11) is 1.52. The van der Waals surface area contributed by atoms with Crippen LogP contribution in [0.15, 0.2) is 42.7 Å². The van der Waals surface area contributed by atoms with Crippen molar-refractivity contribution in [2.75, 3.05) is 7.11 Å². The molecular weight excluding hydrogens is 374 g/mol.